The molecule has 2 N–H and O–H groups in total. The minimum absolute atomic E-state index is 0.153. The first-order valence-corrected chi connectivity index (χ1v) is 8.69. The molecule has 0 saturated carbocycles. The van der Waals surface area contributed by atoms with Gasteiger partial charge in [-0.25, -0.2) is 4.79 Å². The third-order valence-electron chi connectivity index (χ3n) is 2.63. The first kappa shape index (κ1) is 16.9. The average molecular weight is 320 g/mol. The van der Waals surface area contributed by atoms with Crippen LogP contribution < -0.4 is 4.72 Å². The van der Waals surface area contributed by atoms with Crippen molar-refractivity contribution in [2.75, 3.05) is 17.8 Å². The molecule has 1 heterocycles. The Kier molecular flexibility index (Phi) is 5.97. The van der Waals surface area contributed by atoms with Crippen molar-refractivity contribution in [3.63, 3.8) is 0 Å². The van der Waals surface area contributed by atoms with Crippen LogP contribution in [0.25, 0.3) is 0 Å². The van der Waals surface area contributed by atoms with Crippen LogP contribution in [0.2, 0.25) is 0 Å². The molecule has 8 heteroatoms. The van der Waals surface area contributed by atoms with E-state index in [9.17, 15) is 13.2 Å². The van der Waals surface area contributed by atoms with Gasteiger partial charge in [-0.05, 0) is 31.4 Å². The van der Waals surface area contributed by atoms with Gasteiger partial charge in [0.2, 0.25) is 0 Å². The zero-order chi connectivity index (χ0) is 15.3. The van der Waals surface area contributed by atoms with Crippen molar-refractivity contribution in [3.05, 3.63) is 16.5 Å². The molecule has 1 rings (SSSR count). The van der Waals surface area contributed by atoms with Gasteiger partial charge in [0.05, 0.1) is 0 Å². The molecule has 1 aromatic heterocycles. The molecule has 6 nitrogen and oxygen atoms in total. The summed E-state index contributed by atoms with van der Waals surface area (Å²) in [4.78, 5) is 11.1. The SMILES string of the molecule is CCCN(CCC)S(=O)(=O)Nc1cc(C)c(C(=O)O)s1. The van der Waals surface area contributed by atoms with Crippen LogP contribution in [-0.2, 0) is 10.2 Å². The van der Waals surface area contributed by atoms with Crippen LogP contribution in [0.3, 0.4) is 0 Å². The average Bonchev–Trinajstić information content (AvgIpc) is 2.69. The van der Waals surface area contributed by atoms with Crippen LogP contribution in [0.1, 0.15) is 41.9 Å². The smallest absolute Gasteiger partial charge is 0.346 e. The number of carboxylic acid groups (broad SMARTS) is 1. The van der Waals surface area contributed by atoms with Gasteiger partial charge in [-0.1, -0.05) is 13.8 Å². The zero-order valence-corrected chi connectivity index (χ0v) is 13.5. The van der Waals surface area contributed by atoms with Gasteiger partial charge in [0.1, 0.15) is 9.88 Å². The van der Waals surface area contributed by atoms with Crippen molar-refractivity contribution in [3.8, 4) is 0 Å². The fourth-order valence-electron chi connectivity index (χ4n) is 1.79. The van der Waals surface area contributed by atoms with Crippen LogP contribution >= 0.6 is 11.3 Å². The number of thiophene rings is 1. The number of aryl methyl sites for hydroxylation is 1. The van der Waals surface area contributed by atoms with Gasteiger partial charge in [0, 0.05) is 13.1 Å². The summed E-state index contributed by atoms with van der Waals surface area (Å²) >= 11 is 0.932. The molecule has 0 fully saturated rings. The fourth-order valence-corrected chi connectivity index (χ4v) is 4.32. The van der Waals surface area contributed by atoms with Gasteiger partial charge >= 0.3 is 16.2 Å². The molecule has 0 bridgehead atoms. The zero-order valence-electron chi connectivity index (χ0n) is 11.8. The third-order valence-corrected chi connectivity index (χ3v) is 5.42. The molecular formula is C12H20N2O4S2. The van der Waals surface area contributed by atoms with Gasteiger partial charge < -0.3 is 5.11 Å². The third kappa shape index (κ3) is 4.19. The number of anilines is 1. The quantitative estimate of drug-likeness (QED) is 0.770. The van der Waals surface area contributed by atoms with Crippen molar-refractivity contribution in [1.29, 1.82) is 0 Å². The van der Waals surface area contributed by atoms with Crippen LogP contribution in [0.15, 0.2) is 6.07 Å². The summed E-state index contributed by atoms with van der Waals surface area (Å²) in [6.07, 6.45) is 1.45. The van der Waals surface area contributed by atoms with Crippen LogP contribution in [0.4, 0.5) is 5.00 Å². The summed E-state index contributed by atoms with van der Waals surface area (Å²) in [5.74, 6) is -1.04. The van der Waals surface area contributed by atoms with E-state index in [4.69, 9.17) is 5.11 Å². The second-order valence-electron chi connectivity index (χ2n) is 4.43. The van der Waals surface area contributed by atoms with Crippen molar-refractivity contribution in [2.45, 2.75) is 33.6 Å². The summed E-state index contributed by atoms with van der Waals surface area (Å²) < 4.78 is 28.3. The number of aromatic carboxylic acids is 1. The Morgan fingerprint density at radius 3 is 2.30 bits per heavy atom. The van der Waals surface area contributed by atoms with E-state index in [1.54, 1.807) is 13.0 Å². The number of nitrogens with zero attached hydrogens (tertiary/aromatic N) is 1. The van der Waals surface area contributed by atoms with Crippen molar-refractivity contribution < 1.29 is 18.3 Å². The summed E-state index contributed by atoms with van der Waals surface area (Å²) in [5.41, 5.74) is 0.553. The highest BCUT2D eigenvalue weighted by molar-refractivity contribution is 7.90. The number of hydrogen-bond donors (Lipinski definition) is 2. The lowest BCUT2D eigenvalue weighted by molar-refractivity contribution is 0.0701. The maximum Gasteiger partial charge on any atom is 0.346 e. The molecule has 0 atom stereocenters. The molecule has 1 aromatic rings. The molecule has 0 aliphatic carbocycles. The predicted octanol–water partition coefficient (Wildman–Crippen LogP) is 2.53. The molecule has 0 radical (unpaired) electrons. The number of nitrogens with one attached hydrogen (secondary N) is 1. The molecule has 20 heavy (non-hydrogen) atoms. The molecule has 0 aliphatic rings. The van der Waals surface area contributed by atoms with Gasteiger partial charge in [-0.15, -0.1) is 11.3 Å². The van der Waals surface area contributed by atoms with E-state index in [1.165, 1.54) is 4.31 Å². The second-order valence-corrected chi connectivity index (χ2v) is 7.16. The molecule has 0 unspecified atom stereocenters. The van der Waals surface area contributed by atoms with Gasteiger partial charge in [-0.2, -0.15) is 12.7 Å². The fraction of sp³-hybridized carbons (Fsp3) is 0.583. The van der Waals surface area contributed by atoms with E-state index in [2.05, 4.69) is 4.72 Å². The number of hydrogen-bond acceptors (Lipinski definition) is 4. The summed E-state index contributed by atoms with van der Waals surface area (Å²) in [6, 6.07) is 1.54. The molecule has 0 aliphatic heterocycles. The topological polar surface area (TPSA) is 86.7 Å². The van der Waals surface area contributed by atoms with Crippen molar-refractivity contribution in [1.82, 2.24) is 4.31 Å². The summed E-state index contributed by atoms with van der Waals surface area (Å²) in [6.45, 7) is 6.36. The summed E-state index contributed by atoms with van der Waals surface area (Å²) in [7, 11) is -3.63. The minimum atomic E-state index is -3.63. The van der Waals surface area contributed by atoms with E-state index in [-0.39, 0.29) is 4.88 Å². The number of carboxylic acids is 1. The highest BCUT2D eigenvalue weighted by Gasteiger charge is 2.22. The monoisotopic (exact) mass is 320 g/mol. The van der Waals surface area contributed by atoms with Crippen LogP contribution in [-0.4, -0.2) is 36.9 Å². The highest BCUT2D eigenvalue weighted by atomic mass is 32.2. The molecular weight excluding hydrogens is 300 g/mol. The normalized spacial score (nSPS) is 11.8. The van der Waals surface area contributed by atoms with Gasteiger partial charge in [-0.3, -0.25) is 4.72 Å². The lowest BCUT2D eigenvalue weighted by Gasteiger charge is -2.21. The van der Waals surface area contributed by atoms with Crippen LogP contribution in [0.5, 0.6) is 0 Å². The van der Waals surface area contributed by atoms with E-state index < -0.39 is 16.2 Å². The Morgan fingerprint density at radius 2 is 1.90 bits per heavy atom. The van der Waals surface area contributed by atoms with E-state index in [1.807, 2.05) is 13.8 Å². The number of rotatable bonds is 8. The first-order valence-electron chi connectivity index (χ1n) is 6.43. The Bertz CT molecular complexity index is 560. The maximum atomic E-state index is 12.2. The van der Waals surface area contributed by atoms with Crippen molar-refractivity contribution >= 4 is 32.5 Å². The van der Waals surface area contributed by atoms with Gasteiger partial charge in [0.25, 0.3) is 0 Å². The highest BCUT2D eigenvalue weighted by Crippen LogP contribution is 2.27. The molecule has 0 amide bonds. The van der Waals surface area contributed by atoms with Gasteiger partial charge in [0.15, 0.2) is 0 Å². The number of carbonyl (C=O) groups is 1. The lowest BCUT2D eigenvalue weighted by Crippen LogP contribution is -2.36. The predicted molar refractivity (Wildman–Crippen MR) is 80.7 cm³/mol. The Labute approximate surface area is 123 Å². The van der Waals surface area contributed by atoms with E-state index in [0.717, 1.165) is 24.2 Å². The largest absolute Gasteiger partial charge is 0.477 e. The molecule has 0 spiro atoms. The summed E-state index contributed by atoms with van der Waals surface area (Å²) in [5, 5.41) is 9.31. The Balaban J connectivity index is 2.94. The molecule has 0 aromatic carbocycles. The lowest BCUT2D eigenvalue weighted by atomic mass is 10.3. The maximum absolute atomic E-state index is 12.2. The minimum Gasteiger partial charge on any atom is -0.477 e. The Morgan fingerprint density at radius 1 is 1.35 bits per heavy atom. The molecule has 0 saturated heterocycles. The van der Waals surface area contributed by atoms with E-state index >= 15 is 0 Å². The van der Waals surface area contributed by atoms with Crippen molar-refractivity contribution in [2.24, 2.45) is 0 Å². The van der Waals surface area contributed by atoms with E-state index in [0.29, 0.717) is 23.7 Å². The molecule has 114 valence electrons. The Hall–Kier alpha value is -1.12. The standard InChI is InChI=1S/C12H20N2O4S2/c1-4-6-14(7-5-2)20(17,18)13-10-8-9(3)11(19-10)12(15)16/h8,13H,4-7H2,1-3H3,(H,15,16). The first-order chi connectivity index (χ1) is 9.31. The van der Waals surface area contributed by atoms with Crippen LogP contribution in [0, 0.1) is 6.92 Å². The second kappa shape index (κ2) is 7.05.